The maximum absolute atomic E-state index is 13.0. The van der Waals surface area contributed by atoms with Crippen LogP contribution in [-0.4, -0.2) is 59.7 Å². The first-order valence-corrected chi connectivity index (χ1v) is 15.3. The molecule has 1 atom stereocenters. The Balaban J connectivity index is 1.44. The maximum atomic E-state index is 13.0. The van der Waals surface area contributed by atoms with Gasteiger partial charge in [-0.2, -0.15) is 5.26 Å². The van der Waals surface area contributed by atoms with Gasteiger partial charge in [-0.05, 0) is 49.5 Å². The molecule has 45 heavy (non-hydrogen) atoms. The maximum Gasteiger partial charge on any atom is 0.248 e. The number of halogens is 1. The minimum atomic E-state index is -0.291. The molecule has 2 aromatic carbocycles. The van der Waals surface area contributed by atoms with Crippen LogP contribution in [0.25, 0.3) is 10.9 Å². The average Bonchev–Trinajstić information content (AvgIpc) is 3.57. The monoisotopic (exact) mass is 626 g/mol. The second-order valence-electron chi connectivity index (χ2n) is 10.4. The van der Waals surface area contributed by atoms with Crippen molar-refractivity contribution in [1.29, 1.82) is 5.26 Å². The zero-order valence-corrected chi connectivity index (χ0v) is 26.0. The standard InChI is InChI=1S/C34H35ClN6O4/c1-3-41(4-2)14-7-9-33(42)40-30-17-27-29(18-32(30)45-26-12-15-43-22-26)38-20-23(19-36)34(27)39-24-10-11-31(28(35)16-24)44-21-25-8-5-6-13-37-25/h5-11,13,16-18,20,26H,3-4,12,14-15,21-22H2,1-2H3,(H,38,39)(H,40,42)/t26-/m0/s1. The Bertz CT molecular complexity index is 1700. The summed E-state index contributed by atoms with van der Waals surface area (Å²) in [6.45, 7) is 7.97. The molecule has 0 bridgehead atoms. The zero-order valence-electron chi connectivity index (χ0n) is 25.3. The van der Waals surface area contributed by atoms with Gasteiger partial charge in [0.1, 0.15) is 30.3 Å². The lowest BCUT2D eigenvalue weighted by Gasteiger charge is -2.19. The Kier molecular flexibility index (Phi) is 10.8. The van der Waals surface area contributed by atoms with Crippen LogP contribution in [0, 0.1) is 11.3 Å². The van der Waals surface area contributed by atoms with E-state index in [0.29, 0.717) is 69.8 Å². The molecule has 0 unspecified atom stereocenters. The predicted octanol–water partition coefficient (Wildman–Crippen LogP) is 6.48. The van der Waals surface area contributed by atoms with E-state index in [0.717, 1.165) is 25.2 Å². The number of aromatic nitrogens is 2. The van der Waals surface area contributed by atoms with E-state index in [1.54, 1.807) is 30.5 Å². The SMILES string of the molecule is CCN(CC)CC=CC(=O)Nc1cc2c(Nc3ccc(OCc4ccccn4)c(Cl)c3)c(C#N)cnc2cc1O[C@H]1CCOC1. The first-order chi connectivity index (χ1) is 22.0. The van der Waals surface area contributed by atoms with E-state index in [1.807, 2.05) is 30.3 Å². The molecule has 2 N–H and O–H groups in total. The number of amides is 1. The number of benzene rings is 2. The Hall–Kier alpha value is -4.69. The van der Waals surface area contributed by atoms with Crippen molar-refractivity contribution >= 4 is 45.5 Å². The number of fused-ring (bicyclic) bond motifs is 1. The Morgan fingerprint density at radius 1 is 1.18 bits per heavy atom. The molecule has 1 saturated heterocycles. The molecule has 3 heterocycles. The van der Waals surface area contributed by atoms with Crippen molar-refractivity contribution < 1.29 is 19.0 Å². The Morgan fingerprint density at radius 2 is 2.04 bits per heavy atom. The highest BCUT2D eigenvalue weighted by molar-refractivity contribution is 6.32. The highest BCUT2D eigenvalue weighted by Crippen LogP contribution is 2.38. The minimum Gasteiger partial charge on any atom is -0.486 e. The van der Waals surface area contributed by atoms with Crippen LogP contribution in [-0.2, 0) is 16.1 Å². The number of nitrogens with zero attached hydrogens (tertiary/aromatic N) is 4. The summed E-state index contributed by atoms with van der Waals surface area (Å²) in [4.78, 5) is 24.0. The number of likely N-dealkylation sites (N-methyl/N-ethyl adjacent to an activating group) is 1. The molecule has 4 aromatic rings. The molecular formula is C34H35ClN6O4. The Labute approximate surface area is 267 Å². The molecule has 11 heteroatoms. The molecule has 2 aromatic heterocycles. The zero-order chi connectivity index (χ0) is 31.6. The molecule has 0 aliphatic carbocycles. The number of nitriles is 1. The van der Waals surface area contributed by atoms with Crippen LogP contribution in [0.15, 0.2) is 73.1 Å². The molecule has 232 valence electrons. The second-order valence-corrected chi connectivity index (χ2v) is 10.8. The summed E-state index contributed by atoms with van der Waals surface area (Å²) in [6, 6.07) is 16.7. The van der Waals surface area contributed by atoms with E-state index in [2.05, 4.69) is 45.4 Å². The molecule has 10 nitrogen and oxygen atoms in total. The molecule has 1 aliphatic rings. The lowest BCUT2D eigenvalue weighted by molar-refractivity contribution is -0.111. The van der Waals surface area contributed by atoms with Crippen LogP contribution in [0.5, 0.6) is 11.5 Å². The summed E-state index contributed by atoms with van der Waals surface area (Å²) < 4.78 is 17.6. The summed E-state index contributed by atoms with van der Waals surface area (Å²) in [5.41, 5.74) is 3.31. The van der Waals surface area contributed by atoms with Gasteiger partial charge in [0.15, 0.2) is 0 Å². The van der Waals surface area contributed by atoms with Crippen LogP contribution in [0.4, 0.5) is 17.1 Å². The minimum absolute atomic E-state index is 0.146. The summed E-state index contributed by atoms with van der Waals surface area (Å²) in [5, 5.41) is 17.3. The summed E-state index contributed by atoms with van der Waals surface area (Å²) in [7, 11) is 0. The third-order valence-electron chi connectivity index (χ3n) is 7.36. The lowest BCUT2D eigenvalue weighted by atomic mass is 10.1. The Morgan fingerprint density at radius 3 is 2.76 bits per heavy atom. The fourth-order valence-corrected chi connectivity index (χ4v) is 5.10. The molecule has 1 fully saturated rings. The molecule has 0 radical (unpaired) electrons. The molecule has 1 amide bonds. The van der Waals surface area contributed by atoms with Gasteiger partial charge in [-0.1, -0.05) is 37.6 Å². The first kappa shape index (κ1) is 31.7. The first-order valence-electron chi connectivity index (χ1n) is 14.9. The fourth-order valence-electron chi connectivity index (χ4n) is 4.86. The molecule has 0 spiro atoms. The van der Waals surface area contributed by atoms with Crippen LogP contribution >= 0.6 is 11.6 Å². The smallest absolute Gasteiger partial charge is 0.248 e. The summed E-state index contributed by atoms with van der Waals surface area (Å²) >= 11 is 6.57. The van der Waals surface area contributed by atoms with Crippen LogP contribution in [0.2, 0.25) is 5.02 Å². The molecule has 0 saturated carbocycles. The second kappa shape index (κ2) is 15.3. The van der Waals surface area contributed by atoms with Crippen LogP contribution < -0.4 is 20.1 Å². The number of pyridine rings is 2. The number of rotatable bonds is 13. The number of nitrogens with one attached hydrogen (secondary N) is 2. The van der Waals surface area contributed by atoms with Gasteiger partial charge in [-0.25, -0.2) is 0 Å². The van der Waals surface area contributed by atoms with Crippen molar-refractivity contribution in [3.05, 3.63) is 89.4 Å². The average molecular weight is 627 g/mol. The van der Waals surface area contributed by atoms with E-state index in [1.165, 1.54) is 12.3 Å². The molecular weight excluding hydrogens is 592 g/mol. The van der Waals surface area contributed by atoms with E-state index in [9.17, 15) is 10.1 Å². The number of anilines is 3. The van der Waals surface area contributed by atoms with Gasteiger partial charge in [0.25, 0.3) is 0 Å². The van der Waals surface area contributed by atoms with Crippen molar-refractivity contribution in [2.45, 2.75) is 33.0 Å². The quantitative estimate of drug-likeness (QED) is 0.161. The van der Waals surface area contributed by atoms with Gasteiger partial charge in [-0.3, -0.25) is 14.8 Å². The van der Waals surface area contributed by atoms with Gasteiger partial charge >= 0.3 is 0 Å². The highest BCUT2D eigenvalue weighted by atomic mass is 35.5. The lowest BCUT2D eigenvalue weighted by Crippen LogP contribution is -2.23. The number of hydrogen-bond acceptors (Lipinski definition) is 9. The van der Waals surface area contributed by atoms with E-state index >= 15 is 0 Å². The fraction of sp³-hybridized carbons (Fsp3) is 0.294. The van der Waals surface area contributed by atoms with Crippen molar-refractivity contribution in [3.8, 4) is 17.6 Å². The normalized spacial score (nSPS) is 14.5. The summed E-state index contributed by atoms with van der Waals surface area (Å²) in [6.07, 6.45) is 7.17. The van der Waals surface area contributed by atoms with E-state index in [4.69, 9.17) is 25.8 Å². The topological polar surface area (TPSA) is 122 Å². The third-order valence-corrected chi connectivity index (χ3v) is 7.65. The predicted molar refractivity (Wildman–Crippen MR) is 175 cm³/mol. The van der Waals surface area contributed by atoms with Gasteiger partial charge in [0.05, 0.1) is 46.4 Å². The van der Waals surface area contributed by atoms with Gasteiger partial charge < -0.3 is 29.7 Å². The van der Waals surface area contributed by atoms with Crippen molar-refractivity contribution in [3.63, 3.8) is 0 Å². The summed E-state index contributed by atoms with van der Waals surface area (Å²) in [5.74, 6) is 0.690. The van der Waals surface area contributed by atoms with Crippen molar-refractivity contribution in [2.24, 2.45) is 0 Å². The highest BCUT2D eigenvalue weighted by Gasteiger charge is 2.21. The van der Waals surface area contributed by atoms with Crippen LogP contribution in [0.3, 0.4) is 0 Å². The largest absolute Gasteiger partial charge is 0.486 e. The van der Waals surface area contributed by atoms with Crippen molar-refractivity contribution in [1.82, 2.24) is 14.9 Å². The number of carbonyl (C=O) groups excluding carboxylic acids is 1. The third kappa shape index (κ3) is 8.28. The van der Waals surface area contributed by atoms with Crippen LogP contribution in [0.1, 0.15) is 31.5 Å². The van der Waals surface area contributed by atoms with E-state index in [-0.39, 0.29) is 18.6 Å². The molecule has 1 aliphatic heterocycles. The van der Waals surface area contributed by atoms with Crippen molar-refractivity contribution in [2.75, 3.05) is 43.5 Å². The molecule has 5 rings (SSSR count). The van der Waals surface area contributed by atoms with Gasteiger partial charge in [-0.15, -0.1) is 0 Å². The number of ether oxygens (including phenoxy) is 3. The van der Waals surface area contributed by atoms with Gasteiger partial charge in [0.2, 0.25) is 5.91 Å². The number of hydrogen-bond donors (Lipinski definition) is 2. The van der Waals surface area contributed by atoms with Gasteiger partial charge in [0, 0.05) is 48.6 Å². The van der Waals surface area contributed by atoms with E-state index < -0.39 is 0 Å². The number of carbonyl (C=O) groups is 1.